The van der Waals surface area contributed by atoms with Gasteiger partial charge in [-0.05, 0) is 43.5 Å². The summed E-state index contributed by atoms with van der Waals surface area (Å²) < 4.78 is 14.1. The Kier molecular flexibility index (Phi) is 5.50. The van der Waals surface area contributed by atoms with Crippen LogP contribution >= 0.6 is 11.8 Å². The van der Waals surface area contributed by atoms with E-state index in [-0.39, 0.29) is 22.4 Å². The molecule has 2 fully saturated rings. The van der Waals surface area contributed by atoms with Crippen molar-refractivity contribution < 1.29 is 14.0 Å². The Hall–Kier alpha value is -2.54. The topological polar surface area (TPSA) is 52.7 Å². The van der Waals surface area contributed by atoms with Crippen molar-refractivity contribution in [2.75, 3.05) is 30.7 Å². The summed E-state index contributed by atoms with van der Waals surface area (Å²) in [6.07, 6.45) is 1.36. The van der Waals surface area contributed by atoms with Crippen LogP contribution in [0.4, 0.5) is 14.9 Å². The van der Waals surface area contributed by atoms with Crippen LogP contribution in [0, 0.1) is 12.7 Å². The molecule has 0 bridgehead atoms. The number of thioether (sulfide) groups is 1. The summed E-state index contributed by atoms with van der Waals surface area (Å²) in [5.41, 5.74) is 1.95. The van der Waals surface area contributed by atoms with E-state index in [1.807, 2.05) is 36.1 Å². The van der Waals surface area contributed by atoms with E-state index in [9.17, 15) is 14.0 Å². The molecule has 0 radical (unpaired) electrons. The molecule has 0 aliphatic carbocycles. The summed E-state index contributed by atoms with van der Waals surface area (Å²) in [6.45, 7) is 3.69. The Balaban J connectivity index is 1.43. The van der Waals surface area contributed by atoms with E-state index >= 15 is 0 Å². The van der Waals surface area contributed by atoms with Crippen LogP contribution < -0.4 is 5.32 Å². The lowest BCUT2D eigenvalue weighted by Crippen LogP contribution is -2.54. The second-order valence-electron chi connectivity index (χ2n) is 7.46. The number of likely N-dealkylation sites (tertiary alicyclic amines) is 1. The van der Waals surface area contributed by atoms with Crippen LogP contribution in [0.25, 0.3) is 0 Å². The van der Waals surface area contributed by atoms with Crippen molar-refractivity contribution in [3.05, 3.63) is 65.5 Å². The van der Waals surface area contributed by atoms with Gasteiger partial charge in [-0.2, -0.15) is 0 Å². The molecule has 3 amide bonds. The first kappa shape index (κ1) is 19.8. The van der Waals surface area contributed by atoms with E-state index in [1.165, 1.54) is 6.07 Å². The maximum atomic E-state index is 14.1. The van der Waals surface area contributed by atoms with Gasteiger partial charge in [0.05, 0.1) is 10.4 Å². The van der Waals surface area contributed by atoms with Crippen molar-refractivity contribution in [2.45, 2.75) is 24.6 Å². The number of hydrogen-bond donors (Lipinski definition) is 1. The van der Waals surface area contributed by atoms with Gasteiger partial charge in [-0.1, -0.05) is 30.3 Å². The van der Waals surface area contributed by atoms with Crippen LogP contribution in [0.15, 0.2) is 48.5 Å². The number of urea groups is 1. The van der Waals surface area contributed by atoms with E-state index in [1.54, 1.807) is 34.9 Å². The number of piperidine rings is 1. The summed E-state index contributed by atoms with van der Waals surface area (Å²) >= 11 is 1.75. The molecular formula is C22H24FN3O2S. The fraction of sp³-hybridized carbons (Fsp3) is 0.364. The maximum Gasteiger partial charge on any atom is 0.321 e. The van der Waals surface area contributed by atoms with Crippen LogP contribution in [-0.4, -0.2) is 52.0 Å². The average molecular weight is 414 g/mol. The number of para-hydroxylation sites is 1. The minimum atomic E-state index is -0.486. The van der Waals surface area contributed by atoms with Crippen molar-refractivity contribution in [1.29, 1.82) is 0 Å². The molecule has 4 rings (SSSR count). The molecular weight excluding hydrogens is 389 g/mol. The first-order valence-corrected chi connectivity index (χ1v) is 10.8. The van der Waals surface area contributed by atoms with Gasteiger partial charge in [-0.3, -0.25) is 4.79 Å². The second kappa shape index (κ2) is 8.06. The molecule has 2 aromatic carbocycles. The molecule has 0 saturated carbocycles. The quantitative estimate of drug-likeness (QED) is 0.797. The van der Waals surface area contributed by atoms with Crippen molar-refractivity contribution in [1.82, 2.24) is 9.80 Å². The molecule has 29 heavy (non-hydrogen) atoms. The Labute approximate surface area is 174 Å². The van der Waals surface area contributed by atoms with Crippen LogP contribution in [-0.2, 0) is 0 Å². The number of amides is 3. The molecule has 152 valence electrons. The third kappa shape index (κ3) is 3.83. The number of carbonyl (C=O) groups excluding carboxylic acids is 2. The van der Waals surface area contributed by atoms with Crippen LogP contribution in [0.5, 0.6) is 0 Å². The number of hydrogen-bond acceptors (Lipinski definition) is 3. The second-order valence-corrected chi connectivity index (χ2v) is 8.92. The number of aryl methyl sites for hydroxylation is 1. The smallest absolute Gasteiger partial charge is 0.321 e. The molecule has 2 heterocycles. The van der Waals surface area contributed by atoms with E-state index in [0.29, 0.717) is 32.5 Å². The Bertz CT molecular complexity index is 928. The lowest BCUT2D eigenvalue weighted by Gasteiger charge is -2.44. The zero-order chi connectivity index (χ0) is 20.4. The highest BCUT2D eigenvalue weighted by molar-refractivity contribution is 8.00. The molecule has 1 N–H and O–H groups in total. The first-order valence-electron chi connectivity index (χ1n) is 9.82. The SMILES string of the molecule is Cc1ccccc1NC(=O)N1CCC2(CC1)SCCN2C(=O)c1ccccc1F. The molecule has 0 aromatic heterocycles. The van der Waals surface area contributed by atoms with Gasteiger partial charge in [-0.25, -0.2) is 9.18 Å². The molecule has 1 spiro atoms. The van der Waals surface area contributed by atoms with Gasteiger partial charge in [-0.15, -0.1) is 11.8 Å². The number of rotatable bonds is 2. The minimum Gasteiger partial charge on any atom is -0.324 e. The fourth-order valence-corrected chi connectivity index (χ4v) is 5.51. The Morgan fingerprint density at radius 1 is 1.03 bits per heavy atom. The van der Waals surface area contributed by atoms with Gasteiger partial charge < -0.3 is 15.1 Å². The third-order valence-electron chi connectivity index (χ3n) is 5.75. The Morgan fingerprint density at radius 2 is 1.72 bits per heavy atom. The number of halogens is 1. The summed E-state index contributed by atoms with van der Waals surface area (Å²) in [6, 6.07) is 13.7. The molecule has 7 heteroatoms. The van der Waals surface area contributed by atoms with Gasteiger partial charge in [0.2, 0.25) is 0 Å². The van der Waals surface area contributed by atoms with Crippen molar-refractivity contribution in [3.8, 4) is 0 Å². The zero-order valence-corrected chi connectivity index (χ0v) is 17.2. The number of nitrogens with zero attached hydrogens (tertiary/aromatic N) is 2. The summed E-state index contributed by atoms with van der Waals surface area (Å²) in [7, 11) is 0. The number of carbonyl (C=O) groups is 2. The van der Waals surface area contributed by atoms with E-state index in [4.69, 9.17) is 0 Å². The molecule has 2 saturated heterocycles. The van der Waals surface area contributed by atoms with E-state index < -0.39 is 5.82 Å². The van der Waals surface area contributed by atoms with Gasteiger partial charge in [0.25, 0.3) is 5.91 Å². The molecule has 2 aliphatic heterocycles. The van der Waals surface area contributed by atoms with E-state index in [2.05, 4.69) is 5.32 Å². The number of anilines is 1. The minimum absolute atomic E-state index is 0.120. The molecule has 0 unspecified atom stereocenters. The average Bonchev–Trinajstić information content (AvgIpc) is 3.13. The Morgan fingerprint density at radius 3 is 2.45 bits per heavy atom. The fourth-order valence-electron chi connectivity index (χ4n) is 4.06. The highest BCUT2D eigenvalue weighted by Crippen LogP contribution is 2.44. The summed E-state index contributed by atoms with van der Waals surface area (Å²) in [4.78, 5) is 28.9. The van der Waals surface area contributed by atoms with Crippen molar-refractivity contribution >= 4 is 29.4 Å². The van der Waals surface area contributed by atoms with Crippen molar-refractivity contribution in [2.24, 2.45) is 0 Å². The third-order valence-corrected chi connectivity index (χ3v) is 7.30. The van der Waals surface area contributed by atoms with Crippen LogP contribution in [0.3, 0.4) is 0 Å². The summed E-state index contributed by atoms with van der Waals surface area (Å²) in [5, 5.41) is 2.98. The first-order chi connectivity index (χ1) is 14.0. The highest BCUT2D eigenvalue weighted by atomic mass is 32.2. The van der Waals surface area contributed by atoms with Gasteiger partial charge in [0, 0.05) is 31.1 Å². The predicted octanol–water partition coefficient (Wildman–Crippen LogP) is 4.35. The lowest BCUT2D eigenvalue weighted by atomic mass is 10.0. The predicted molar refractivity (Wildman–Crippen MR) is 114 cm³/mol. The van der Waals surface area contributed by atoms with Crippen LogP contribution in [0.2, 0.25) is 0 Å². The molecule has 2 aliphatic rings. The largest absolute Gasteiger partial charge is 0.324 e. The van der Waals surface area contributed by atoms with Gasteiger partial charge in [0.1, 0.15) is 5.82 Å². The van der Waals surface area contributed by atoms with Crippen molar-refractivity contribution in [3.63, 3.8) is 0 Å². The monoisotopic (exact) mass is 413 g/mol. The molecule has 5 nitrogen and oxygen atoms in total. The lowest BCUT2D eigenvalue weighted by molar-refractivity contribution is 0.0581. The number of benzene rings is 2. The van der Waals surface area contributed by atoms with Crippen LogP contribution in [0.1, 0.15) is 28.8 Å². The van der Waals surface area contributed by atoms with E-state index in [0.717, 1.165) is 17.0 Å². The van der Waals surface area contributed by atoms with Gasteiger partial charge in [0.15, 0.2) is 0 Å². The zero-order valence-electron chi connectivity index (χ0n) is 16.4. The number of nitrogens with one attached hydrogen (secondary N) is 1. The molecule has 2 aromatic rings. The standard InChI is InChI=1S/C22H24FN3O2S/c1-16-6-2-5-9-19(16)24-21(28)25-12-10-22(11-13-25)26(14-15-29-22)20(27)17-7-3-4-8-18(17)23/h2-9H,10-15H2,1H3,(H,24,28). The maximum absolute atomic E-state index is 14.1. The normalized spacial score (nSPS) is 18.1. The highest BCUT2D eigenvalue weighted by Gasteiger charge is 2.47. The summed E-state index contributed by atoms with van der Waals surface area (Å²) in [5.74, 6) is 0.0841. The van der Waals surface area contributed by atoms with Gasteiger partial charge >= 0.3 is 6.03 Å². The molecule has 0 atom stereocenters.